The van der Waals surface area contributed by atoms with Crippen LogP contribution in [0.4, 0.5) is 14.5 Å². The number of nitrogens with one attached hydrogen (secondary N) is 1. The standard InChI is InChI=1S/C31H29F2N3O2S/c1-20-6-10-22(11-7-20)24-4-2-3-5-27(24)34-30(38)28-19-39-31(35-28)23-14-16-36(17-15-23)29(37)13-9-21-8-12-25(32)26(33)18-21/h2-8,10-12,18-19,23H,9,13-17H2,1H3,(H,34,38). The second-order valence-corrected chi connectivity index (χ2v) is 10.7. The smallest absolute Gasteiger partial charge is 0.275 e. The van der Waals surface area contributed by atoms with E-state index in [1.807, 2.05) is 60.4 Å². The Bertz CT molecular complexity index is 1480. The number of para-hydroxylation sites is 1. The summed E-state index contributed by atoms with van der Waals surface area (Å²) in [5, 5.41) is 5.71. The van der Waals surface area contributed by atoms with E-state index in [9.17, 15) is 18.4 Å². The highest BCUT2D eigenvalue weighted by atomic mass is 32.1. The molecule has 0 radical (unpaired) electrons. The molecule has 39 heavy (non-hydrogen) atoms. The van der Waals surface area contributed by atoms with Crippen LogP contribution >= 0.6 is 11.3 Å². The van der Waals surface area contributed by atoms with Gasteiger partial charge in [-0.1, -0.05) is 54.1 Å². The van der Waals surface area contributed by atoms with Gasteiger partial charge in [0.15, 0.2) is 11.6 Å². The molecule has 2 amide bonds. The number of halogens is 2. The van der Waals surface area contributed by atoms with Crippen molar-refractivity contribution < 1.29 is 18.4 Å². The quantitative estimate of drug-likeness (QED) is 0.272. The van der Waals surface area contributed by atoms with Gasteiger partial charge in [-0.3, -0.25) is 9.59 Å². The number of benzene rings is 3. The van der Waals surface area contributed by atoms with E-state index >= 15 is 0 Å². The van der Waals surface area contributed by atoms with Crippen LogP contribution in [-0.4, -0.2) is 34.8 Å². The number of aromatic nitrogens is 1. The number of anilines is 1. The monoisotopic (exact) mass is 545 g/mol. The van der Waals surface area contributed by atoms with Crippen molar-refractivity contribution in [2.24, 2.45) is 0 Å². The van der Waals surface area contributed by atoms with Crippen molar-refractivity contribution in [1.29, 1.82) is 0 Å². The van der Waals surface area contributed by atoms with Crippen molar-refractivity contribution in [2.75, 3.05) is 18.4 Å². The number of thiazole rings is 1. The minimum Gasteiger partial charge on any atom is -0.343 e. The molecule has 1 aliphatic rings. The van der Waals surface area contributed by atoms with Crippen LogP contribution in [0, 0.1) is 18.6 Å². The zero-order valence-corrected chi connectivity index (χ0v) is 22.4. The van der Waals surface area contributed by atoms with E-state index in [0.29, 0.717) is 30.8 Å². The Hall–Kier alpha value is -3.91. The van der Waals surface area contributed by atoms with Crippen molar-refractivity contribution in [3.8, 4) is 11.1 Å². The van der Waals surface area contributed by atoms with E-state index in [0.717, 1.165) is 46.8 Å². The molecule has 0 aliphatic carbocycles. The Morgan fingerprint density at radius 1 is 1.00 bits per heavy atom. The number of amides is 2. The molecule has 5 rings (SSSR count). The van der Waals surface area contributed by atoms with E-state index in [-0.39, 0.29) is 24.2 Å². The molecule has 2 heterocycles. The molecule has 0 saturated carbocycles. The van der Waals surface area contributed by atoms with E-state index in [4.69, 9.17) is 0 Å². The van der Waals surface area contributed by atoms with Gasteiger partial charge in [-0.2, -0.15) is 0 Å². The van der Waals surface area contributed by atoms with Gasteiger partial charge in [-0.25, -0.2) is 13.8 Å². The number of rotatable bonds is 7. The van der Waals surface area contributed by atoms with E-state index in [1.54, 1.807) is 5.38 Å². The lowest BCUT2D eigenvalue weighted by Crippen LogP contribution is -2.38. The van der Waals surface area contributed by atoms with Gasteiger partial charge in [0, 0.05) is 42.1 Å². The lowest BCUT2D eigenvalue weighted by Gasteiger charge is -2.31. The summed E-state index contributed by atoms with van der Waals surface area (Å²) in [6.45, 7) is 3.25. The second-order valence-electron chi connectivity index (χ2n) is 9.84. The third-order valence-corrected chi connectivity index (χ3v) is 8.11. The number of nitrogens with zero attached hydrogens (tertiary/aromatic N) is 2. The molecule has 4 aromatic rings. The fourth-order valence-corrected chi connectivity index (χ4v) is 5.79. The summed E-state index contributed by atoms with van der Waals surface area (Å²) in [6, 6.07) is 19.6. The Morgan fingerprint density at radius 2 is 1.74 bits per heavy atom. The number of carbonyl (C=O) groups is 2. The van der Waals surface area contributed by atoms with Gasteiger partial charge >= 0.3 is 0 Å². The molecule has 1 aliphatic heterocycles. The molecule has 200 valence electrons. The second kappa shape index (κ2) is 11.9. The van der Waals surface area contributed by atoms with Crippen LogP contribution in [-0.2, 0) is 11.2 Å². The fourth-order valence-electron chi connectivity index (χ4n) is 4.82. The summed E-state index contributed by atoms with van der Waals surface area (Å²) in [5.74, 6) is -1.84. The maximum Gasteiger partial charge on any atom is 0.275 e. The van der Waals surface area contributed by atoms with Gasteiger partial charge in [0.25, 0.3) is 5.91 Å². The predicted molar refractivity (Wildman–Crippen MR) is 150 cm³/mol. The maximum absolute atomic E-state index is 13.4. The fraction of sp³-hybridized carbons (Fsp3) is 0.258. The summed E-state index contributed by atoms with van der Waals surface area (Å²) >= 11 is 1.48. The molecule has 1 aromatic heterocycles. The maximum atomic E-state index is 13.4. The van der Waals surface area contributed by atoms with E-state index < -0.39 is 11.6 Å². The number of likely N-dealkylation sites (tertiary alicyclic amines) is 1. The number of hydrogen-bond donors (Lipinski definition) is 1. The zero-order chi connectivity index (χ0) is 27.4. The van der Waals surface area contributed by atoms with Crippen molar-refractivity contribution in [3.05, 3.63) is 106 Å². The molecular formula is C31H29F2N3O2S. The molecule has 1 fully saturated rings. The normalized spacial score (nSPS) is 13.9. The zero-order valence-electron chi connectivity index (χ0n) is 21.6. The highest BCUT2D eigenvalue weighted by Crippen LogP contribution is 2.32. The molecule has 1 saturated heterocycles. The summed E-state index contributed by atoms with van der Waals surface area (Å²) in [5.41, 5.74) is 4.87. The van der Waals surface area contributed by atoms with Gasteiger partial charge in [-0.15, -0.1) is 11.3 Å². The van der Waals surface area contributed by atoms with E-state index in [2.05, 4.69) is 10.3 Å². The number of piperidine rings is 1. The first kappa shape index (κ1) is 26.7. The van der Waals surface area contributed by atoms with E-state index in [1.165, 1.54) is 23.0 Å². The third-order valence-electron chi connectivity index (χ3n) is 7.10. The lowest BCUT2D eigenvalue weighted by atomic mass is 9.97. The first-order chi connectivity index (χ1) is 18.9. The SMILES string of the molecule is Cc1ccc(-c2ccccc2NC(=O)c2csc(C3CCN(C(=O)CCc4ccc(F)c(F)c4)CC3)n2)cc1. The number of aryl methyl sites for hydroxylation is 2. The van der Waals surface area contributed by atoms with Crippen molar-refractivity contribution >= 4 is 28.8 Å². The van der Waals surface area contributed by atoms with Gasteiger partial charge in [0.2, 0.25) is 5.91 Å². The van der Waals surface area contributed by atoms with Crippen LogP contribution in [0.5, 0.6) is 0 Å². The van der Waals surface area contributed by atoms with Gasteiger partial charge < -0.3 is 10.2 Å². The van der Waals surface area contributed by atoms with Crippen molar-refractivity contribution in [1.82, 2.24) is 9.88 Å². The Morgan fingerprint density at radius 3 is 2.49 bits per heavy atom. The highest BCUT2D eigenvalue weighted by Gasteiger charge is 2.26. The van der Waals surface area contributed by atoms with Crippen LogP contribution < -0.4 is 5.32 Å². The van der Waals surface area contributed by atoms with Gasteiger partial charge in [0.1, 0.15) is 5.69 Å². The van der Waals surface area contributed by atoms with Crippen LogP contribution in [0.2, 0.25) is 0 Å². The van der Waals surface area contributed by atoms with Crippen LogP contribution in [0.1, 0.15) is 51.8 Å². The molecular weight excluding hydrogens is 516 g/mol. The van der Waals surface area contributed by atoms with Crippen molar-refractivity contribution in [2.45, 2.75) is 38.5 Å². The Labute approximate surface area is 230 Å². The number of carbonyl (C=O) groups excluding carboxylic acids is 2. The minimum absolute atomic E-state index is 0.00429. The molecule has 0 unspecified atom stereocenters. The Balaban J connectivity index is 1.16. The predicted octanol–water partition coefficient (Wildman–Crippen LogP) is 6.99. The third kappa shape index (κ3) is 6.40. The summed E-state index contributed by atoms with van der Waals surface area (Å²) in [7, 11) is 0. The van der Waals surface area contributed by atoms with Crippen molar-refractivity contribution in [3.63, 3.8) is 0 Å². The van der Waals surface area contributed by atoms with Crippen LogP contribution in [0.15, 0.2) is 72.1 Å². The largest absolute Gasteiger partial charge is 0.343 e. The molecule has 0 atom stereocenters. The lowest BCUT2D eigenvalue weighted by molar-refractivity contribution is -0.132. The molecule has 0 bridgehead atoms. The summed E-state index contributed by atoms with van der Waals surface area (Å²) in [6.07, 6.45) is 2.15. The Kier molecular flexibility index (Phi) is 8.12. The minimum atomic E-state index is -0.896. The molecule has 8 heteroatoms. The van der Waals surface area contributed by atoms with Crippen LogP contribution in [0.25, 0.3) is 11.1 Å². The molecule has 0 spiro atoms. The molecule has 5 nitrogen and oxygen atoms in total. The van der Waals surface area contributed by atoms with Gasteiger partial charge in [-0.05, 0) is 55.5 Å². The summed E-state index contributed by atoms with van der Waals surface area (Å²) < 4.78 is 26.5. The average Bonchev–Trinajstić information content (AvgIpc) is 3.45. The van der Waals surface area contributed by atoms with Crippen LogP contribution in [0.3, 0.4) is 0 Å². The number of hydrogen-bond acceptors (Lipinski definition) is 4. The first-order valence-electron chi connectivity index (χ1n) is 13.0. The average molecular weight is 546 g/mol. The highest BCUT2D eigenvalue weighted by molar-refractivity contribution is 7.10. The summed E-state index contributed by atoms with van der Waals surface area (Å²) in [4.78, 5) is 32.2. The van der Waals surface area contributed by atoms with Gasteiger partial charge in [0.05, 0.1) is 5.01 Å². The molecule has 1 N–H and O–H groups in total. The topological polar surface area (TPSA) is 62.3 Å². The first-order valence-corrected chi connectivity index (χ1v) is 13.9. The molecule has 3 aromatic carbocycles.